The number of halogens is 1. The Balaban J connectivity index is 2.73. The van der Waals surface area contributed by atoms with Crippen LogP contribution in [0.4, 0.5) is 4.39 Å². The lowest BCUT2D eigenvalue weighted by molar-refractivity contribution is -0.136. The molecular weight excluding hydrogens is 267 g/mol. The third-order valence-electron chi connectivity index (χ3n) is 3.80. The maximum atomic E-state index is 13.0. The van der Waals surface area contributed by atoms with E-state index in [0.29, 0.717) is 6.54 Å². The maximum absolute atomic E-state index is 13.0. The van der Waals surface area contributed by atoms with Crippen LogP contribution in [0, 0.1) is 5.82 Å². The average Bonchev–Trinajstić information content (AvgIpc) is 2.37. The Morgan fingerprint density at radius 3 is 1.95 bits per heavy atom. The number of amides is 1. The van der Waals surface area contributed by atoms with E-state index in [4.69, 9.17) is 0 Å². The summed E-state index contributed by atoms with van der Waals surface area (Å²) in [6.07, 6.45) is 0. The highest BCUT2D eigenvalue weighted by Crippen LogP contribution is 2.19. The van der Waals surface area contributed by atoms with Gasteiger partial charge in [-0.25, -0.2) is 4.39 Å². The first-order valence-electron chi connectivity index (χ1n) is 7.51. The Hall–Kier alpha value is -1.42. The molecule has 0 saturated carbocycles. The van der Waals surface area contributed by atoms with Crippen LogP contribution >= 0.6 is 0 Å². The van der Waals surface area contributed by atoms with Gasteiger partial charge in [-0.05, 0) is 59.4 Å². The first kappa shape index (κ1) is 17.6. The van der Waals surface area contributed by atoms with Gasteiger partial charge in [0.2, 0.25) is 5.91 Å². The zero-order valence-corrected chi connectivity index (χ0v) is 13.9. The van der Waals surface area contributed by atoms with Gasteiger partial charge in [0.05, 0.1) is 6.54 Å². The lowest BCUT2D eigenvalue weighted by atomic mass is 10.1. The van der Waals surface area contributed by atoms with Crippen molar-refractivity contribution < 1.29 is 9.18 Å². The molecule has 1 atom stereocenters. The summed E-state index contributed by atoms with van der Waals surface area (Å²) in [5.74, 6) is -0.119. The molecule has 1 amide bonds. The second-order valence-corrected chi connectivity index (χ2v) is 6.13. The molecule has 0 saturated heterocycles. The van der Waals surface area contributed by atoms with Crippen LogP contribution in [0.5, 0.6) is 0 Å². The van der Waals surface area contributed by atoms with Gasteiger partial charge in [-0.1, -0.05) is 12.1 Å². The number of nitrogens with zero attached hydrogens (tertiary/aromatic N) is 2. The number of rotatable bonds is 6. The molecule has 0 bridgehead atoms. The van der Waals surface area contributed by atoms with Gasteiger partial charge in [-0.2, -0.15) is 0 Å². The third-order valence-corrected chi connectivity index (χ3v) is 3.80. The van der Waals surface area contributed by atoms with E-state index < -0.39 is 0 Å². The normalized spacial score (nSPS) is 13.0. The Morgan fingerprint density at radius 1 is 1.05 bits per heavy atom. The fraction of sp³-hybridized carbons (Fsp3) is 0.588. The van der Waals surface area contributed by atoms with Gasteiger partial charge in [0, 0.05) is 18.1 Å². The lowest BCUT2D eigenvalue weighted by Crippen LogP contribution is -2.46. The van der Waals surface area contributed by atoms with Crippen molar-refractivity contribution in [2.75, 3.05) is 13.6 Å². The van der Waals surface area contributed by atoms with Gasteiger partial charge in [-0.15, -0.1) is 0 Å². The summed E-state index contributed by atoms with van der Waals surface area (Å²) < 4.78 is 13.0. The van der Waals surface area contributed by atoms with E-state index in [1.165, 1.54) is 12.1 Å². The first-order chi connectivity index (χ1) is 9.73. The highest BCUT2D eigenvalue weighted by molar-refractivity contribution is 5.78. The SMILES string of the molecule is CC(c1ccc(F)cc1)N(C)CC(=O)N(C(C)C)C(C)C. The van der Waals surface area contributed by atoms with Gasteiger partial charge in [0.1, 0.15) is 5.82 Å². The molecule has 1 aromatic rings. The minimum Gasteiger partial charge on any atom is -0.337 e. The molecular formula is C17H27FN2O. The van der Waals surface area contributed by atoms with E-state index in [1.54, 1.807) is 12.1 Å². The smallest absolute Gasteiger partial charge is 0.237 e. The van der Waals surface area contributed by atoms with Gasteiger partial charge in [0.25, 0.3) is 0 Å². The minimum atomic E-state index is -0.240. The predicted octanol–water partition coefficient (Wildman–Crippen LogP) is 3.46. The van der Waals surface area contributed by atoms with Crippen LogP contribution in [0.3, 0.4) is 0 Å². The monoisotopic (exact) mass is 294 g/mol. The molecule has 0 N–H and O–H groups in total. The van der Waals surface area contributed by atoms with Crippen LogP contribution in [0.2, 0.25) is 0 Å². The molecule has 3 nitrogen and oxygen atoms in total. The van der Waals surface area contributed by atoms with Crippen LogP contribution in [-0.4, -0.2) is 41.4 Å². The Kier molecular flexibility index (Phi) is 6.34. The summed E-state index contributed by atoms with van der Waals surface area (Å²) in [6.45, 7) is 10.5. The molecule has 0 radical (unpaired) electrons. The topological polar surface area (TPSA) is 23.6 Å². The second-order valence-electron chi connectivity index (χ2n) is 6.13. The summed E-state index contributed by atoms with van der Waals surface area (Å²) >= 11 is 0. The molecule has 118 valence electrons. The maximum Gasteiger partial charge on any atom is 0.237 e. The quantitative estimate of drug-likeness (QED) is 0.802. The van der Waals surface area contributed by atoms with Crippen molar-refractivity contribution in [3.63, 3.8) is 0 Å². The average molecular weight is 294 g/mol. The van der Waals surface area contributed by atoms with Crippen molar-refractivity contribution in [3.05, 3.63) is 35.6 Å². The molecule has 0 heterocycles. The summed E-state index contributed by atoms with van der Waals surface area (Å²) in [4.78, 5) is 16.3. The van der Waals surface area contributed by atoms with E-state index in [1.807, 2.05) is 51.5 Å². The number of likely N-dealkylation sites (N-methyl/N-ethyl adjacent to an activating group) is 1. The van der Waals surface area contributed by atoms with Crippen molar-refractivity contribution in [3.8, 4) is 0 Å². The number of hydrogen-bond acceptors (Lipinski definition) is 2. The number of benzene rings is 1. The molecule has 0 aliphatic carbocycles. The van der Waals surface area contributed by atoms with Crippen LogP contribution in [0.1, 0.15) is 46.2 Å². The number of carbonyl (C=O) groups is 1. The van der Waals surface area contributed by atoms with E-state index >= 15 is 0 Å². The Bertz CT molecular complexity index is 448. The molecule has 0 aliphatic rings. The molecule has 1 unspecified atom stereocenters. The number of hydrogen-bond donors (Lipinski definition) is 0. The molecule has 0 aromatic heterocycles. The van der Waals surface area contributed by atoms with Crippen molar-refractivity contribution in [1.29, 1.82) is 0 Å². The van der Waals surface area contributed by atoms with Gasteiger partial charge < -0.3 is 4.90 Å². The fourth-order valence-electron chi connectivity index (χ4n) is 2.60. The van der Waals surface area contributed by atoms with Crippen LogP contribution < -0.4 is 0 Å². The molecule has 0 aliphatic heterocycles. The summed E-state index contributed by atoms with van der Waals surface area (Å²) in [5, 5.41) is 0. The molecule has 1 rings (SSSR count). The zero-order chi connectivity index (χ0) is 16.2. The van der Waals surface area contributed by atoms with Crippen molar-refractivity contribution in [1.82, 2.24) is 9.80 Å². The van der Waals surface area contributed by atoms with E-state index in [9.17, 15) is 9.18 Å². The lowest BCUT2D eigenvalue weighted by Gasteiger charge is -2.33. The van der Waals surface area contributed by atoms with Gasteiger partial charge >= 0.3 is 0 Å². The Morgan fingerprint density at radius 2 is 1.52 bits per heavy atom. The van der Waals surface area contributed by atoms with E-state index in [2.05, 4.69) is 0 Å². The van der Waals surface area contributed by atoms with Crippen molar-refractivity contribution >= 4 is 5.91 Å². The third kappa shape index (κ3) is 4.81. The predicted molar refractivity (Wildman–Crippen MR) is 84.6 cm³/mol. The van der Waals surface area contributed by atoms with Crippen LogP contribution in [-0.2, 0) is 4.79 Å². The van der Waals surface area contributed by atoms with E-state index in [0.717, 1.165) is 5.56 Å². The standard InChI is InChI=1S/C17H27FN2O/c1-12(2)20(13(3)4)17(21)11-19(6)14(5)15-7-9-16(18)10-8-15/h7-10,12-14H,11H2,1-6H3. The first-order valence-corrected chi connectivity index (χ1v) is 7.51. The highest BCUT2D eigenvalue weighted by Gasteiger charge is 2.23. The zero-order valence-electron chi connectivity index (χ0n) is 13.9. The van der Waals surface area contributed by atoms with Crippen molar-refractivity contribution in [2.24, 2.45) is 0 Å². The molecule has 0 fully saturated rings. The summed E-state index contributed by atoms with van der Waals surface area (Å²) in [6, 6.07) is 6.88. The summed E-state index contributed by atoms with van der Waals surface area (Å²) in [7, 11) is 1.92. The van der Waals surface area contributed by atoms with Gasteiger partial charge in [-0.3, -0.25) is 9.69 Å². The number of carbonyl (C=O) groups excluding carboxylic acids is 1. The second kappa shape index (κ2) is 7.55. The molecule has 0 spiro atoms. The molecule has 21 heavy (non-hydrogen) atoms. The largest absolute Gasteiger partial charge is 0.337 e. The fourth-order valence-corrected chi connectivity index (χ4v) is 2.60. The summed E-state index contributed by atoms with van der Waals surface area (Å²) in [5.41, 5.74) is 1.01. The highest BCUT2D eigenvalue weighted by atomic mass is 19.1. The van der Waals surface area contributed by atoms with Gasteiger partial charge in [0.15, 0.2) is 0 Å². The Labute approximate surface area is 127 Å². The van der Waals surface area contributed by atoms with Crippen molar-refractivity contribution in [2.45, 2.75) is 52.7 Å². The minimum absolute atomic E-state index is 0.0655. The van der Waals surface area contributed by atoms with E-state index in [-0.39, 0.29) is 29.8 Å². The molecule has 4 heteroatoms. The molecule has 1 aromatic carbocycles. The van der Waals surface area contributed by atoms with Crippen LogP contribution in [0.15, 0.2) is 24.3 Å². The van der Waals surface area contributed by atoms with Crippen LogP contribution in [0.25, 0.3) is 0 Å².